The van der Waals surface area contributed by atoms with Crippen LogP contribution in [0, 0.1) is 12.3 Å². The molecule has 0 saturated heterocycles. The normalized spacial score (nSPS) is 14.9. The van der Waals surface area contributed by atoms with Crippen molar-refractivity contribution in [2.24, 2.45) is 5.41 Å². The van der Waals surface area contributed by atoms with E-state index in [1.54, 1.807) is 39.0 Å². The van der Waals surface area contributed by atoms with Crippen LogP contribution in [0.25, 0.3) is 6.08 Å². The van der Waals surface area contributed by atoms with Gasteiger partial charge in [0.05, 0.1) is 11.0 Å². The van der Waals surface area contributed by atoms with Gasteiger partial charge in [-0.1, -0.05) is 31.2 Å². The van der Waals surface area contributed by atoms with Crippen molar-refractivity contribution in [3.8, 4) is 11.5 Å². The highest BCUT2D eigenvalue weighted by Crippen LogP contribution is 2.38. The molecule has 2 aromatic rings. The Morgan fingerprint density at radius 3 is 2.41 bits per heavy atom. The van der Waals surface area contributed by atoms with Crippen molar-refractivity contribution >= 4 is 17.8 Å². The fourth-order valence-electron chi connectivity index (χ4n) is 2.80. The molecule has 0 radical (unpaired) electrons. The highest BCUT2D eigenvalue weighted by Gasteiger charge is 2.31. The number of benzene rings is 2. The smallest absolute Gasteiger partial charge is 0.316 e. The molecule has 27 heavy (non-hydrogen) atoms. The lowest BCUT2D eigenvalue weighted by Crippen LogP contribution is -2.25. The van der Waals surface area contributed by atoms with E-state index in [9.17, 15) is 9.59 Å². The van der Waals surface area contributed by atoms with E-state index >= 15 is 0 Å². The van der Waals surface area contributed by atoms with Gasteiger partial charge in [-0.2, -0.15) is 0 Å². The number of allylic oxidation sites excluding steroid dienone is 1. The molecular weight excluding hydrogens is 340 g/mol. The highest BCUT2D eigenvalue weighted by atomic mass is 16.5. The van der Waals surface area contributed by atoms with Crippen molar-refractivity contribution < 1.29 is 19.1 Å². The summed E-state index contributed by atoms with van der Waals surface area (Å²) in [6.45, 7) is 9.29. The fraction of sp³-hybridized carbons (Fsp3) is 0.304. The van der Waals surface area contributed by atoms with Gasteiger partial charge < -0.3 is 9.47 Å². The van der Waals surface area contributed by atoms with Gasteiger partial charge in [-0.3, -0.25) is 9.59 Å². The summed E-state index contributed by atoms with van der Waals surface area (Å²) in [5.74, 6) is 0.589. The summed E-state index contributed by atoms with van der Waals surface area (Å²) in [4.78, 5) is 24.9. The number of ketones is 1. The molecule has 0 fully saturated rings. The zero-order chi connectivity index (χ0) is 19.8. The molecule has 4 nitrogen and oxygen atoms in total. The number of ether oxygens (including phenoxy) is 2. The van der Waals surface area contributed by atoms with Crippen molar-refractivity contribution in [1.82, 2.24) is 0 Å². The monoisotopic (exact) mass is 364 g/mol. The van der Waals surface area contributed by atoms with Gasteiger partial charge in [-0.05, 0) is 62.9 Å². The largest absolute Gasteiger partial charge is 0.452 e. The van der Waals surface area contributed by atoms with Crippen molar-refractivity contribution in [2.75, 3.05) is 0 Å². The van der Waals surface area contributed by atoms with Crippen molar-refractivity contribution in [1.29, 1.82) is 0 Å². The van der Waals surface area contributed by atoms with Crippen molar-refractivity contribution in [2.45, 2.75) is 41.0 Å². The maximum absolute atomic E-state index is 12.7. The molecule has 140 valence electrons. The predicted octanol–water partition coefficient (Wildman–Crippen LogP) is 5.13. The molecule has 0 atom stereocenters. The molecule has 0 aromatic heterocycles. The van der Waals surface area contributed by atoms with Gasteiger partial charge >= 0.3 is 5.97 Å². The molecule has 1 aliphatic rings. The molecule has 1 heterocycles. The Bertz CT molecular complexity index is 928. The van der Waals surface area contributed by atoms with E-state index in [1.165, 1.54) is 5.56 Å². The number of rotatable bonds is 3. The van der Waals surface area contributed by atoms with E-state index in [2.05, 4.69) is 6.92 Å². The molecular formula is C23H24O4. The van der Waals surface area contributed by atoms with Crippen LogP contribution in [0.3, 0.4) is 0 Å². The molecule has 4 heteroatoms. The quantitative estimate of drug-likeness (QED) is 0.431. The second kappa shape index (κ2) is 7.03. The Hall–Kier alpha value is -2.88. The van der Waals surface area contributed by atoms with E-state index in [-0.39, 0.29) is 17.5 Å². The third-order valence-corrected chi connectivity index (χ3v) is 4.45. The topological polar surface area (TPSA) is 52.6 Å². The number of hydrogen-bond acceptors (Lipinski definition) is 4. The minimum absolute atomic E-state index is 0.157. The standard InChI is InChI=1S/C23H24O4/c1-6-15-7-9-16(10-8-15)12-19-21(24)20-14(2)11-17(13-18(20)27-19)26-22(25)23(3,4)5/h7-13H,6H2,1-5H3/b19-12-. The first kappa shape index (κ1) is 18.9. The molecule has 0 N–H and O–H groups in total. The molecule has 0 aliphatic carbocycles. The summed E-state index contributed by atoms with van der Waals surface area (Å²) in [5, 5.41) is 0. The van der Waals surface area contributed by atoms with Crippen LogP contribution in [-0.2, 0) is 11.2 Å². The molecule has 0 unspecified atom stereocenters. The van der Waals surface area contributed by atoms with Gasteiger partial charge in [0.2, 0.25) is 5.78 Å². The highest BCUT2D eigenvalue weighted by molar-refractivity contribution is 6.15. The fourth-order valence-corrected chi connectivity index (χ4v) is 2.80. The van der Waals surface area contributed by atoms with E-state index < -0.39 is 5.41 Å². The maximum atomic E-state index is 12.7. The summed E-state index contributed by atoms with van der Waals surface area (Å²) in [6, 6.07) is 11.3. The van der Waals surface area contributed by atoms with Crippen LogP contribution in [0.2, 0.25) is 0 Å². The summed E-state index contributed by atoms with van der Waals surface area (Å²) < 4.78 is 11.2. The number of carbonyl (C=O) groups is 2. The predicted molar refractivity (Wildman–Crippen MR) is 105 cm³/mol. The van der Waals surface area contributed by atoms with Crippen LogP contribution in [0.5, 0.6) is 11.5 Å². The second-order valence-corrected chi connectivity index (χ2v) is 7.79. The van der Waals surface area contributed by atoms with E-state index in [0.717, 1.165) is 17.5 Å². The van der Waals surface area contributed by atoms with E-state index in [0.29, 0.717) is 17.1 Å². The number of fused-ring (bicyclic) bond motifs is 1. The molecule has 0 bridgehead atoms. The third kappa shape index (κ3) is 3.95. The van der Waals surface area contributed by atoms with Crippen LogP contribution in [0.15, 0.2) is 42.2 Å². The summed E-state index contributed by atoms with van der Waals surface area (Å²) in [7, 11) is 0. The third-order valence-electron chi connectivity index (χ3n) is 4.45. The van der Waals surface area contributed by atoms with Gasteiger partial charge in [-0.15, -0.1) is 0 Å². The van der Waals surface area contributed by atoms with Gasteiger partial charge in [0.15, 0.2) is 5.76 Å². The van der Waals surface area contributed by atoms with E-state index in [4.69, 9.17) is 9.47 Å². The number of hydrogen-bond donors (Lipinski definition) is 0. The number of carbonyl (C=O) groups excluding carboxylic acids is 2. The molecule has 3 rings (SSSR count). The zero-order valence-electron chi connectivity index (χ0n) is 16.4. The second-order valence-electron chi connectivity index (χ2n) is 7.79. The maximum Gasteiger partial charge on any atom is 0.316 e. The molecule has 1 aliphatic heterocycles. The van der Waals surface area contributed by atoms with Gasteiger partial charge in [0.1, 0.15) is 11.5 Å². The molecule has 0 spiro atoms. The van der Waals surface area contributed by atoms with Crippen LogP contribution in [-0.4, -0.2) is 11.8 Å². The zero-order valence-corrected chi connectivity index (χ0v) is 16.4. The first-order valence-corrected chi connectivity index (χ1v) is 9.09. The summed E-state index contributed by atoms with van der Waals surface area (Å²) in [5.41, 5.74) is 2.76. The molecule has 2 aromatic carbocycles. The van der Waals surface area contributed by atoms with Crippen molar-refractivity contribution in [3.05, 3.63) is 64.4 Å². The summed E-state index contributed by atoms with van der Waals surface area (Å²) in [6.07, 6.45) is 2.70. The van der Waals surface area contributed by atoms with Gasteiger partial charge in [-0.25, -0.2) is 0 Å². The Labute approximate surface area is 159 Å². The lowest BCUT2D eigenvalue weighted by Gasteiger charge is -2.16. The first-order valence-electron chi connectivity index (χ1n) is 9.09. The average molecular weight is 364 g/mol. The number of Topliss-reactive ketones (excluding diaryl/α,β-unsaturated/α-hetero) is 1. The average Bonchev–Trinajstić information content (AvgIpc) is 2.90. The number of aryl methyl sites for hydroxylation is 2. The first-order chi connectivity index (χ1) is 12.7. The van der Waals surface area contributed by atoms with Crippen LogP contribution >= 0.6 is 0 Å². The molecule has 0 amide bonds. The summed E-state index contributed by atoms with van der Waals surface area (Å²) >= 11 is 0. The van der Waals surface area contributed by atoms with Crippen LogP contribution < -0.4 is 9.47 Å². The SMILES string of the molecule is CCc1ccc(/C=C2\Oc3cc(OC(=O)C(C)(C)C)cc(C)c3C2=O)cc1. The Balaban J connectivity index is 1.89. The molecule has 0 saturated carbocycles. The van der Waals surface area contributed by atoms with Crippen LogP contribution in [0.4, 0.5) is 0 Å². The van der Waals surface area contributed by atoms with E-state index in [1.807, 2.05) is 31.2 Å². The number of esters is 1. The Kier molecular flexibility index (Phi) is 4.92. The van der Waals surface area contributed by atoms with Gasteiger partial charge in [0, 0.05) is 6.07 Å². The van der Waals surface area contributed by atoms with Crippen LogP contribution in [0.1, 0.15) is 54.7 Å². The van der Waals surface area contributed by atoms with Gasteiger partial charge in [0.25, 0.3) is 0 Å². The lowest BCUT2D eigenvalue weighted by molar-refractivity contribution is -0.143. The Morgan fingerprint density at radius 2 is 1.81 bits per heavy atom. The minimum Gasteiger partial charge on any atom is -0.452 e. The lowest BCUT2D eigenvalue weighted by atomic mass is 9.97. The Morgan fingerprint density at radius 1 is 1.15 bits per heavy atom. The van der Waals surface area contributed by atoms with Crippen molar-refractivity contribution in [3.63, 3.8) is 0 Å². The minimum atomic E-state index is -0.612.